The van der Waals surface area contributed by atoms with E-state index in [1.165, 1.54) is 0 Å². The number of carbonyl (C=O) groups is 1. The third-order valence-corrected chi connectivity index (χ3v) is 4.24. The van der Waals surface area contributed by atoms with E-state index in [9.17, 15) is 4.79 Å². The summed E-state index contributed by atoms with van der Waals surface area (Å²) >= 11 is 0. The van der Waals surface area contributed by atoms with Crippen LogP contribution in [0.4, 0.5) is 0 Å². The lowest BCUT2D eigenvalue weighted by Crippen LogP contribution is -2.31. The molecule has 0 unspecified atom stereocenters. The van der Waals surface area contributed by atoms with E-state index in [0.29, 0.717) is 5.75 Å². The molecule has 114 valence electrons. The zero-order valence-corrected chi connectivity index (χ0v) is 13.1. The van der Waals surface area contributed by atoms with E-state index in [1.54, 1.807) is 7.11 Å². The molecule has 2 aromatic carbocycles. The van der Waals surface area contributed by atoms with Crippen molar-refractivity contribution < 1.29 is 14.3 Å². The molecule has 0 aromatic heterocycles. The number of esters is 1. The number of hydrogen-bond acceptors (Lipinski definition) is 3. The molecule has 1 heterocycles. The lowest BCUT2D eigenvalue weighted by molar-refractivity contribution is -0.141. The van der Waals surface area contributed by atoms with Gasteiger partial charge < -0.3 is 9.47 Å². The van der Waals surface area contributed by atoms with E-state index in [4.69, 9.17) is 9.47 Å². The second kappa shape index (κ2) is 5.84. The molecule has 22 heavy (non-hydrogen) atoms. The second-order valence-corrected chi connectivity index (χ2v) is 6.03. The highest BCUT2D eigenvalue weighted by molar-refractivity contribution is 5.79. The van der Waals surface area contributed by atoms with Crippen LogP contribution in [0.5, 0.6) is 11.5 Å². The van der Waals surface area contributed by atoms with Crippen LogP contribution in [0.15, 0.2) is 42.5 Å². The second-order valence-electron chi connectivity index (χ2n) is 6.03. The van der Waals surface area contributed by atoms with Crippen molar-refractivity contribution in [3.05, 3.63) is 48.0 Å². The number of benzene rings is 2. The lowest BCUT2D eigenvalue weighted by atomic mass is 9.86. The Hall–Kier alpha value is -2.29. The Balaban J connectivity index is 1.93. The molecule has 0 saturated carbocycles. The maximum Gasteiger partial charge on any atom is 0.314 e. The van der Waals surface area contributed by atoms with Crippen LogP contribution in [0, 0.1) is 11.8 Å². The molecule has 0 amide bonds. The van der Waals surface area contributed by atoms with E-state index >= 15 is 0 Å². The quantitative estimate of drug-likeness (QED) is 0.632. The SMILES string of the molecule is COc1ccc(-c2ccc3c(c2)C[C@@H](C(C)C)C(=O)O3)cc1. The minimum atomic E-state index is -0.111. The highest BCUT2D eigenvalue weighted by Crippen LogP contribution is 2.34. The molecule has 1 aliphatic rings. The third kappa shape index (κ3) is 2.71. The van der Waals surface area contributed by atoms with Gasteiger partial charge in [-0.2, -0.15) is 0 Å². The fourth-order valence-corrected chi connectivity index (χ4v) is 2.81. The highest BCUT2D eigenvalue weighted by Gasteiger charge is 2.30. The van der Waals surface area contributed by atoms with Crippen LogP contribution in [0.3, 0.4) is 0 Å². The van der Waals surface area contributed by atoms with Gasteiger partial charge in [0, 0.05) is 0 Å². The Morgan fingerprint density at radius 3 is 2.41 bits per heavy atom. The Morgan fingerprint density at radius 1 is 1.09 bits per heavy atom. The summed E-state index contributed by atoms with van der Waals surface area (Å²) in [4.78, 5) is 12.0. The first-order chi connectivity index (χ1) is 10.6. The summed E-state index contributed by atoms with van der Waals surface area (Å²) < 4.78 is 10.7. The van der Waals surface area contributed by atoms with Crippen LogP contribution < -0.4 is 9.47 Å². The van der Waals surface area contributed by atoms with Gasteiger partial charge in [0.05, 0.1) is 13.0 Å². The van der Waals surface area contributed by atoms with E-state index in [-0.39, 0.29) is 17.8 Å². The van der Waals surface area contributed by atoms with Crippen LogP contribution in [0.1, 0.15) is 19.4 Å². The fraction of sp³-hybridized carbons (Fsp3) is 0.316. The molecule has 3 nitrogen and oxygen atoms in total. The summed E-state index contributed by atoms with van der Waals surface area (Å²) in [5.74, 6) is 1.65. The molecule has 1 atom stereocenters. The Bertz CT molecular complexity index is 686. The summed E-state index contributed by atoms with van der Waals surface area (Å²) in [6.45, 7) is 4.12. The highest BCUT2D eigenvalue weighted by atomic mass is 16.5. The third-order valence-electron chi connectivity index (χ3n) is 4.24. The first-order valence-electron chi connectivity index (χ1n) is 7.57. The zero-order chi connectivity index (χ0) is 15.7. The molecule has 0 fully saturated rings. The molecular formula is C19H20O3. The van der Waals surface area contributed by atoms with Gasteiger partial charge >= 0.3 is 5.97 Å². The van der Waals surface area contributed by atoms with Gasteiger partial charge in [0.15, 0.2) is 0 Å². The number of fused-ring (bicyclic) bond motifs is 1. The van der Waals surface area contributed by atoms with Crippen LogP contribution >= 0.6 is 0 Å². The van der Waals surface area contributed by atoms with Gasteiger partial charge in [-0.3, -0.25) is 4.79 Å². The average Bonchev–Trinajstić information content (AvgIpc) is 2.53. The normalized spacial score (nSPS) is 17.1. The van der Waals surface area contributed by atoms with Crippen molar-refractivity contribution in [1.29, 1.82) is 0 Å². The van der Waals surface area contributed by atoms with Gasteiger partial charge in [-0.15, -0.1) is 0 Å². The van der Waals surface area contributed by atoms with Crippen molar-refractivity contribution in [3.63, 3.8) is 0 Å². The van der Waals surface area contributed by atoms with Crippen molar-refractivity contribution in [1.82, 2.24) is 0 Å². The lowest BCUT2D eigenvalue weighted by Gasteiger charge is -2.26. The first kappa shape index (κ1) is 14.6. The topological polar surface area (TPSA) is 35.5 Å². The van der Waals surface area contributed by atoms with Gasteiger partial charge in [0.25, 0.3) is 0 Å². The average molecular weight is 296 g/mol. The van der Waals surface area contributed by atoms with Gasteiger partial charge in [-0.1, -0.05) is 32.0 Å². The molecule has 0 aliphatic carbocycles. The van der Waals surface area contributed by atoms with E-state index in [0.717, 1.165) is 28.9 Å². The molecule has 0 bridgehead atoms. The van der Waals surface area contributed by atoms with Gasteiger partial charge in [-0.05, 0) is 53.3 Å². The van der Waals surface area contributed by atoms with E-state index < -0.39 is 0 Å². The molecule has 2 aromatic rings. The molecule has 0 N–H and O–H groups in total. The predicted molar refractivity (Wildman–Crippen MR) is 86.1 cm³/mol. The standard InChI is InChI=1S/C19H20O3/c1-12(2)17-11-15-10-14(6-9-18(15)22-19(17)20)13-4-7-16(21-3)8-5-13/h4-10,12,17H,11H2,1-3H3/t17-/m0/s1. The van der Waals surface area contributed by atoms with Crippen molar-refractivity contribution in [2.24, 2.45) is 11.8 Å². The van der Waals surface area contributed by atoms with Crippen molar-refractivity contribution >= 4 is 5.97 Å². The van der Waals surface area contributed by atoms with Gasteiger partial charge in [0.2, 0.25) is 0 Å². The summed E-state index contributed by atoms with van der Waals surface area (Å²) in [5.41, 5.74) is 3.36. The number of hydrogen-bond donors (Lipinski definition) is 0. The van der Waals surface area contributed by atoms with Crippen LogP contribution in [-0.4, -0.2) is 13.1 Å². The maximum atomic E-state index is 12.0. The van der Waals surface area contributed by atoms with Gasteiger partial charge in [0.1, 0.15) is 11.5 Å². The molecular weight excluding hydrogens is 276 g/mol. The van der Waals surface area contributed by atoms with Crippen molar-refractivity contribution in [3.8, 4) is 22.6 Å². The van der Waals surface area contributed by atoms with Crippen LogP contribution in [0.25, 0.3) is 11.1 Å². The van der Waals surface area contributed by atoms with Gasteiger partial charge in [-0.25, -0.2) is 0 Å². The fourth-order valence-electron chi connectivity index (χ4n) is 2.81. The Labute approximate surface area is 130 Å². The maximum absolute atomic E-state index is 12.0. The Kier molecular flexibility index (Phi) is 3.88. The monoisotopic (exact) mass is 296 g/mol. The number of carbonyl (C=O) groups excluding carboxylic acids is 1. The summed E-state index contributed by atoms with van der Waals surface area (Å²) in [5, 5.41) is 0. The molecule has 3 rings (SSSR count). The van der Waals surface area contributed by atoms with Crippen molar-refractivity contribution in [2.75, 3.05) is 7.11 Å². The minimum Gasteiger partial charge on any atom is -0.497 e. The number of methoxy groups -OCH3 is 1. The summed E-state index contributed by atoms with van der Waals surface area (Å²) in [6.07, 6.45) is 0.746. The number of rotatable bonds is 3. The smallest absolute Gasteiger partial charge is 0.314 e. The first-order valence-corrected chi connectivity index (χ1v) is 7.57. The van der Waals surface area contributed by atoms with Crippen molar-refractivity contribution in [2.45, 2.75) is 20.3 Å². The summed E-state index contributed by atoms with van der Waals surface area (Å²) in [6, 6.07) is 14.0. The van der Waals surface area contributed by atoms with E-state index in [2.05, 4.69) is 19.9 Å². The van der Waals surface area contributed by atoms with Crippen LogP contribution in [0.2, 0.25) is 0 Å². The van der Waals surface area contributed by atoms with E-state index in [1.807, 2.05) is 36.4 Å². The zero-order valence-electron chi connectivity index (χ0n) is 13.1. The largest absolute Gasteiger partial charge is 0.497 e. The summed E-state index contributed by atoms with van der Waals surface area (Å²) in [7, 11) is 1.66. The van der Waals surface area contributed by atoms with Crippen LogP contribution in [-0.2, 0) is 11.2 Å². The molecule has 0 spiro atoms. The predicted octanol–water partition coefficient (Wildman–Crippen LogP) is 4.10. The molecule has 3 heteroatoms. The molecule has 0 radical (unpaired) electrons. The Morgan fingerprint density at radius 2 is 1.77 bits per heavy atom. The number of ether oxygens (including phenoxy) is 2. The minimum absolute atomic E-state index is 0.0568. The molecule has 1 aliphatic heterocycles. The molecule has 0 saturated heterocycles.